The molecule has 5 aromatic carbocycles. The zero-order chi connectivity index (χ0) is 22.6. The minimum absolute atomic E-state index is 0.203. The summed E-state index contributed by atoms with van der Waals surface area (Å²) in [5, 5.41) is 7.83. The lowest BCUT2D eigenvalue weighted by Gasteiger charge is -2.24. The SMILES string of the molecule is CN1C(c2cccc(-c3ccc4c5ccccc5c5ccccc5c4c3)c2)=NC2C=CC=CC21. The first-order valence-electron chi connectivity index (χ1n) is 11.9. The second-order valence-corrected chi connectivity index (χ2v) is 9.25. The van der Waals surface area contributed by atoms with Gasteiger partial charge in [-0.25, -0.2) is 0 Å². The number of amidine groups is 1. The van der Waals surface area contributed by atoms with Gasteiger partial charge in [-0.05, 0) is 55.6 Å². The maximum absolute atomic E-state index is 5.03. The summed E-state index contributed by atoms with van der Waals surface area (Å²) < 4.78 is 0. The molecule has 2 unspecified atom stereocenters. The molecule has 0 saturated heterocycles. The standard InChI is InChI=1S/C32H24N2/c1-34-31-16-7-6-15-30(31)33-32(34)23-10-8-9-21(19-23)22-17-18-28-26-13-3-2-11-24(26)25-12-4-5-14-27(25)29(28)20-22/h2-20,30-31H,1H3. The van der Waals surface area contributed by atoms with E-state index in [1.165, 1.54) is 49.0 Å². The Hall–Kier alpha value is -4.17. The number of fused-ring (bicyclic) bond motifs is 7. The predicted octanol–water partition coefficient (Wildman–Crippen LogP) is 7.37. The summed E-state index contributed by atoms with van der Waals surface area (Å²) in [7, 11) is 2.15. The summed E-state index contributed by atoms with van der Waals surface area (Å²) in [5.74, 6) is 1.06. The molecular formula is C32H24N2. The normalized spacial score (nSPS) is 19.2. The quantitative estimate of drug-likeness (QED) is 0.264. The molecule has 2 atom stereocenters. The fourth-order valence-electron chi connectivity index (χ4n) is 5.64. The molecule has 1 aliphatic heterocycles. The molecule has 2 aliphatic rings. The van der Waals surface area contributed by atoms with Gasteiger partial charge in [0.1, 0.15) is 5.84 Å². The van der Waals surface area contributed by atoms with Crippen molar-refractivity contribution in [3.05, 3.63) is 121 Å². The highest BCUT2D eigenvalue weighted by Gasteiger charge is 2.31. The molecule has 0 radical (unpaired) electrons. The lowest BCUT2D eigenvalue weighted by atomic mass is 9.92. The van der Waals surface area contributed by atoms with Crippen LogP contribution in [0.25, 0.3) is 43.4 Å². The van der Waals surface area contributed by atoms with Gasteiger partial charge in [-0.15, -0.1) is 0 Å². The van der Waals surface area contributed by atoms with E-state index in [4.69, 9.17) is 4.99 Å². The van der Waals surface area contributed by atoms with Crippen molar-refractivity contribution < 1.29 is 0 Å². The second-order valence-electron chi connectivity index (χ2n) is 9.25. The van der Waals surface area contributed by atoms with E-state index in [2.05, 4.69) is 127 Å². The average Bonchev–Trinajstić information content (AvgIpc) is 3.25. The third-order valence-corrected chi connectivity index (χ3v) is 7.33. The van der Waals surface area contributed by atoms with Gasteiger partial charge in [0.15, 0.2) is 0 Å². The van der Waals surface area contributed by atoms with E-state index in [1.807, 2.05) is 0 Å². The summed E-state index contributed by atoms with van der Waals surface area (Å²) >= 11 is 0. The second kappa shape index (κ2) is 7.43. The first kappa shape index (κ1) is 19.3. The van der Waals surface area contributed by atoms with Crippen molar-refractivity contribution in [3.63, 3.8) is 0 Å². The fourth-order valence-corrected chi connectivity index (χ4v) is 5.64. The third-order valence-electron chi connectivity index (χ3n) is 7.33. The number of benzene rings is 5. The third kappa shape index (κ3) is 2.85. The van der Waals surface area contributed by atoms with Crippen LogP contribution < -0.4 is 0 Å². The number of hydrogen-bond donors (Lipinski definition) is 0. The molecule has 0 aromatic heterocycles. The Labute approximate surface area is 199 Å². The van der Waals surface area contributed by atoms with Crippen molar-refractivity contribution in [2.45, 2.75) is 12.1 Å². The number of nitrogens with zero attached hydrogens (tertiary/aromatic N) is 2. The van der Waals surface area contributed by atoms with Crippen molar-refractivity contribution >= 4 is 38.2 Å². The van der Waals surface area contributed by atoms with Crippen LogP contribution in [0, 0.1) is 0 Å². The van der Waals surface area contributed by atoms with Gasteiger partial charge in [0.2, 0.25) is 0 Å². The Balaban J connectivity index is 1.39. The van der Waals surface area contributed by atoms with Crippen LogP contribution in [0.5, 0.6) is 0 Å². The number of likely N-dealkylation sites (N-methyl/N-ethyl adjacent to an activating group) is 1. The fraction of sp³-hybridized carbons (Fsp3) is 0.0938. The smallest absolute Gasteiger partial charge is 0.131 e. The first-order valence-corrected chi connectivity index (χ1v) is 11.9. The van der Waals surface area contributed by atoms with Crippen LogP contribution in [0.1, 0.15) is 5.56 Å². The number of aliphatic imine (C=N–C) groups is 1. The Morgan fingerprint density at radius 1 is 0.559 bits per heavy atom. The van der Waals surface area contributed by atoms with E-state index < -0.39 is 0 Å². The van der Waals surface area contributed by atoms with Gasteiger partial charge in [-0.3, -0.25) is 4.99 Å². The van der Waals surface area contributed by atoms with Crippen LogP contribution in [0.4, 0.5) is 0 Å². The summed E-state index contributed by atoms with van der Waals surface area (Å²) in [6, 6.07) is 33.7. The minimum atomic E-state index is 0.203. The monoisotopic (exact) mass is 436 g/mol. The van der Waals surface area contributed by atoms with E-state index in [0.717, 1.165) is 5.84 Å². The van der Waals surface area contributed by atoms with Crippen LogP contribution in [0.3, 0.4) is 0 Å². The Morgan fingerprint density at radius 2 is 1.15 bits per heavy atom. The Morgan fingerprint density at radius 3 is 1.85 bits per heavy atom. The van der Waals surface area contributed by atoms with Gasteiger partial charge < -0.3 is 4.90 Å². The molecule has 0 saturated carbocycles. The maximum atomic E-state index is 5.03. The first-order chi connectivity index (χ1) is 16.8. The van der Waals surface area contributed by atoms with Crippen molar-refractivity contribution in [1.82, 2.24) is 4.90 Å². The molecule has 2 nitrogen and oxygen atoms in total. The van der Waals surface area contributed by atoms with Crippen LogP contribution in [0.2, 0.25) is 0 Å². The molecule has 2 heteroatoms. The van der Waals surface area contributed by atoms with Gasteiger partial charge in [0.05, 0.1) is 12.1 Å². The molecule has 0 spiro atoms. The molecule has 1 heterocycles. The lowest BCUT2D eigenvalue weighted by molar-refractivity contribution is 0.437. The maximum Gasteiger partial charge on any atom is 0.131 e. The van der Waals surface area contributed by atoms with Gasteiger partial charge >= 0.3 is 0 Å². The molecule has 5 aromatic rings. The molecule has 1 aliphatic carbocycles. The van der Waals surface area contributed by atoms with Crippen molar-refractivity contribution in [2.24, 2.45) is 4.99 Å². The van der Waals surface area contributed by atoms with Gasteiger partial charge in [0, 0.05) is 12.6 Å². The molecule has 0 fully saturated rings. The number of hydrogen-bond acceptors (Lipinski definition) is 2. The molecule has 162 valence electrons. The van der Waals surface area contributed by atoms with E-state index in [1.54, 1.807) is 0 Å². The molecule has 0 N–H and O–H groups in total. The zero-order valence-corrected chi connectivity index (χ0v) is 19.0. The molecule has 0 amide bonds. The van der Waals surface area contributed by atoms with Gasteiger partial charge in [-0.2, -0.15) is 0 Å². The van der Waals surface area contributed by atoms with Crippen LogP contribution >= 0.6 is 0 Å². The van der Waals surface area contributed by atoms with Gasteiger partial charge in [-0.1, -0.05) is 103 Å². The van der Waals surface area contributed by atoms with E-state index in [-0.39, 0.29) is 6.04 Å². The van der Waals surface area contributed by atoms with Crippen molar-refractivity contribution in [2.75, 3.05) is 7.05 Å². The number of allylic oxidation sites excluding steroid dienone is 2. The average molecular weight is 437 g/mol. The van der Waals surface area contributed by atoms with Crippen molar-refractivity contribution in [1.29, 1.82) is 0 Å². The summed E-state index contributed by atoms with van der Waals surface area (Å²) in [4.78, 5) is 7.32. The Kier molecular flexibility index (Phi) is 4.22. The van der Waals surface area contributed by atoms with Crippen LogP contribution in [0.15, 0.2) is 120 Å². The highest BCUT2D eigenvalue weighted by molar-refractivity contribution is 6.25. The Bertz CT molecular complexity index is 1650. The van der Waals surface area contributed by atoms with Crippen LogP contribution in [-0.2, 0) is 0 Å². The molecule has 0 bridgehead atoms. The van der Waals surface area contributed by atoms with E-state index in [0.29, 0.717) is 6.04 Å². The van der Waals surface area contributed by atoms with E-state index in [9.17, 15) is 0 Å². The zero-order valence-electron chi connectivity index (χ0n) is 19.0. The topological polar surface area (TPSA) is 15.6 Å². The highest BCUT2D eigenvalue weighted by Crippen LogP contribution is 2.37. The molecule has 34 heavy (non-hydrogen) atoms. The largest absolute Gasteiger partial charge is 0.351 e. The highest BCUT2D eigenvalue weighted by atomic mass is 15.3. The lowest BCUT2D eigenvalue weighted by Crippen LogP contribution is -2.35. The van der Waals surface area contributed by atoms with Crippen molar-refractivity contribution in [3.8, 4) is 11.1 Å². The summed E-state index contributed by atoms with van der Waals surface area (Å²) in [6.45, 7) is 0. The summed E-state index contributed by atoms with van der Waals surface area (Å²) in [5.41, 5.74) is 3.61. The molecule has 7 rings (SSSR count). The minimum Gasteiger partial charge on any atom is -0.351 e. The summed E-state index contributed by atoms with van der Waals surface area (Å²) in [6.07, 6.45) is 8.65. The van der Waals surface area contributed by atoms with Crippen LogP contribution in [-0.4, -0.2) is 29.9 Å². The molecular weight excluding hydrogens is 412 g/mol. The predicted molar refractivity (Wildman–Crippen MR) is 145 cm³/mol. The number of rotatable bonds is 2. The van der Waals surface area contributed by atoms with Gasteiger partial charge in [0.25, 0.3) is 0 Å². The van der Waals surface area contributed by atoms with E-state index >= 15 is 0 Å².